The Bertz CT molecular complexity index is 314. The van der Waals surface area contributed by atoms with E-state index in [0.29, 0.717) is 5.56 Å². The number of rotatable bonds is 3. The maximum absolute atomic E-state index is 10.4. The second kappa shape index (κ2) is 3.86. The minimum atomic E-state index is -1.05. The molecule has 0 saturated carbocycles. The first kappa shape index (κ1) is 9.47. The van der Waals surface area contributed by atoms with Gasteiger partial charge in [-0.25, -0.2) is 0 Å². The molecular weight excluding hydrogens is 172 g/mol. The SMILES string of the molecule is NC(Cc1ccc[n+](O)c1)C(=O)O. The highest BCUT2D eigenvalue weighted by Crippen LogP contribution is 1.98. The van der Waals surface area contributed by atoms with Crippen molar-refractivity contribution in [2.45, 2.75) is 12.5 Å². The Labute approximate surface area is 75.0 Å². The van der Waals surface area contributed by atoms with Crippen molar-refractivity contribution in [3.05, 3.63) is 30.1 Å². The molecule has 0 aromatic carbocycles. The van der Waals surface area contributed by atoms with Crippen molar-refractivity contribution in [3.8, 4) is 0 Å². The molecule has 0 aliphatic heterocycles. The molecule has 1 heterocycles. The van der Waals surface area contributed by atoms with Crippen molar-refractivity contribution in [3.63, 3.8) is 0 Å². The highest BCUT2D eigenvalue weighted by molar-refractivity contribution is 5.73. The molecule has 0 saturated heterocycles. The van der Waals surface area contributed by atoms with Crippen molar-refractivity contribution >= 4 is 5.97 Å². The lowest BCUT2D eigenvalue weighted by atomic mass is 10.1. The summed E-state index contributed by atoms with van der Waals surface area (Å²) in [4.78, 5) is 10.4. The number of nitrogens with zero attached hydrogens (tertiary/aromatic N) is 1. The number of pyridine rings is 1. The molecule has 1 aromatic rings. The minimum absolute atomic E-state index is 0.205. The van der Waals surface area contributed by atoms with E-state index in [1.165, 1.54) is 12.4 Å². The quantitative estimate of drug-likeness (QED) is 0.421. The largest absolute Gasteiger partial charge is 0.480 e. The Kier molecular flexibility index (Phi) is 2.81. The molecule has 1 unspecified atom stereocenters. The van der Waals surface area contributed by atoms with Gasteiger partial charge in [0.1, 0.15) is 6.04 Å². The number of carboxylic acids is 1. The first-order valence-electron chi connectivity index (χ1n) is 3.77. The highest BCUT2D eigenvalue weighted by Gasteiger charge is 2.13. The fourth-order valence-corrected chi connectivity index (χ4v) is 0.973. The standard InChI is InChI=1S/C8H10N2O3/c9-7(8(11)12)4-6-2-1-3-10(13)5-6/h1-3,5,7H,4,9H2,(H-,11,12,13)/p+1. The molecule has 0 spiro atoms. The molecule has 0 bridgehead atoms. The Morgan fingerprint density at radius 3 is 2.92 bits per heavy atom. The summed E-state index contributed by atoms with van der Waals surface area (Å²) in [6, 6.07) is 2.39. The zero-order chi connectivity index (χ0) is 9.84. The fourth-order valence-electron chi connectivity index (χ4n) is 0.973. The minimum Gasteiger partial charge on any atom is -0.480 e. The van der Waals surface area contributed by atoms with Crippen molar-refractivity contribution in [2.75, 3.05) is 0 Å². The van der Waals surface area contributed by atoms with Crippen molar-refractivity contribution < 1.29 is 19.8 Å². The topological polar surface area (TPSA) is 87.4 Å². The Morgan fingerprint density at radius 1 is 1.69 bits per heavy atom. The number of aliphatic carboxylic acids is 1. The third-order valence-electron chi connectivity index (χ3n) is 1.62. The maximum Gasteiger partial charge on any atom is 0.320 e. The van der Waals surface area contributed by atoms with Gasteiger partial charge in [0.25, 0.3) is 0 Å². The normalized spacial score (nSPS) is 12.4. The predicted molar refractivity (Wildman–Crippen MR) is 43.1 cm³/mol. The van der Waals surface area contributed by atoms with Crippen LogP contribution in [-0.4, -0.2) is 22.3 Å². The number of nitrogens with two attached hydrogens (primary N) is 1. The van der Waals surface area contributed by atoms with Gasteiger partial charge in [-0.2, -0.15) is 0 Å². The molecule has 0 aliphatic rings. The molecule has 0 aliphatic carbocycles. The van der Waals surface area contributed by atoms with Gasteiger partial charge < -0.3 is 10.8 Å². The third kappa shape index (κ3) is 2.72. The van der Waals surface area contributed by atoms with Gasteiger partial charge in [-0.3, -0.25) is 10.0 Å². The van der Waals surface area contributed by atoms with Gasteiger partial charge in [0, 0.05) is 22.8 Å². The Morgan fingerprint density at radius 2 is 2.38 bits per heavy atom. The lowest BCUT2D eigenvalue weighted by molar-refractivity contribution is -0.905. The van der Waals surface area contributed by atoms with E-state index in [-0.39, 0.29) is 6.42 Å². The van der Waals surface area contributed by atoms with E-state index in [0.717, 1.165) is 4.73 Å². The second-order valence-electron chi connectivity index (χ2n) is 2.74. The summed E-state index contributed by atoms with van der Waals surface area (Å²) in [7, 11) is 0. The zero-order valence-electron chi connectivity index (χ0n) is 6.92. The molecule has 0 amide bonds. The van der Waals surface area contributed by atoms with Gasteiger partial charge in [-0.05, 0) is 6.07 Å². The molecular formula is C8H11N2O3+. The van der Waals surface area contributed by atoms with Crippen LogP contribution in [0.25, 0.3) is 0 Å². The molecule has 1 atom stereocenters. The van der Waals surface area contributed by atoms with Crippen molar-refractivity contribution in [1.29, 1.82) is 0 Å². The number of carbonyl (C=O) groups is 1. The molecule has 5 nitrogen and oxygen atoms in total. The molecule has 4 N–H and O–H groups in total. The first-order valence-corrected chi connectivity index (χ1v) is 3.77. The van der Waals surface area contributed by atoms with E-state index in [9.17, 15) is 4.79 Å². The lowest BCUT2D eigenvalue weighted by Crippen LogP contribution is -2.34. The van der Waals surface area contributed by atoms with E-state index in [1.54, 1.807) is 12.1 Å². The van der Waals surface area contributed by atoms with Gasteiger partial charge in [0.05, 0.1) is 0 Å². The van der Waals surface area contributed by atoms with Crippen LogP contribution in [0.5, 0.6) is 0 Å². The van der Waals surface area contributed by atoms with Gasteiger partial charge in [-0.15, -0.1) is 0 Å². The van der Waals surface area contributed by atoms with E-state index in [4.69, 9.17) is 16.0 Å². The number of aromatic nitrogens is 1. The fraction of sp³-hybridized carbons (Fsp3) is 0.250. The van der Waals surface area contributed by atoms with E-state index < -0.39 is 12.0 Å². The van der Waals surface area contributed by atoms with Crippen LogP contribution in [0.3, 0.4) is 0 Å². The summed E-state index contributed by atoms with van der Waals surface area (Å²) >= 11 is 0. The summed E-state index contributed by atoms with van der Waals surface area (Å²) in [6.45, 7) is 0. The lowest BCUT2D eigenvalue weighted by Gasteiger charge is -2.03. The van der Waals surface area contributed by atoms with E-state index in [1.807, 2.05) is 0 Å². The molecule has 70 valence electrons. The molecule has 5 heteroatoms. The van der Waals surface area contributed by atoms with Crippen LogP contribution in [0, 0.1) is 0 Å². The monoisotopic (exact) mass is 183 g/mol. The summed E-state index contributed by atoms with van der Waals surface area (Å²) in [5, 5.41) is 17.5. The summed E-state index contributed by atoms with van der Waals surface area (Å²) in [5.41, 5.74) is 5.99. The van der Waals surface area contributed by atoms with Gasteiger partial charge >= 0.3 is 5.97 Å². The van der Waals surface area contributed by atoms with Crippen LogP contribution in [0.1, 0.15) is 5.56 Å². The van der Waals surface area contributed by atoms with Crippen molar-refractivity contribution in [2.24, 2.45) is 5.73 Å². The van der Waals surface area contributed by atoms with Gasteiger partial charge in [0.2, 0.25) is 12.4 Å². The Balaban J connectivity index is 2.69. The smallest absolute Gasteiger partial charge is 0.320 e. The predicted octanol–water partition coefficient (Wildman–Crippen LogP) is -0.834. The molecule has 1 rings (SSSR count). The zero-order valence-corrected chi connectivity index (χ0v) is 6.92. The van der Waals surface area contributed by atoms with Crippen LogP contribution in [0.4, 0.5) is 0 Å². The summed E-state index contributed by atoms with van der Waals surface area (Å²) in [6.07, 6.45) is 3.06. The third-order valence-corrected chi connectivity index (χ3v) is 1.62. The van der Waals surface area contributed by atoms with Gasteiger partial charge in [0.15, 0.2) is 0 Å². The summed E-state index contributed by atoms with van der Waals surface area (Å²) in [5.74, 6) is -1.05. The van der Waals surface area contributed by atoms with Crippen LogP contribution in [0.2, 0.25) is 0 Å². The van der Waals surface area contributed by atoms with Crippen LogP contribution in [-0.2, 0) is 11.2 Å². The maximum atomic E-state index is 10.4. The first-order chi connectivity index (χ1) is 6.09. The Hall–Kier alpha value is -1.62. The van der Waals surface area contributed by atoms with Crippen LogP contribution >= 0.6 is 0 Å². The molecule has 0 radical (unpaired) electrons. The van der Waals surface area contributed by atoms with Crippen LogP contribution < -0.4 is 10.5 Å². The number of hydrogen-bond acceptors (Lipinski definition) is 3. The molecule has 13 heavy (non-hydrogen) atoms. The van der Waals surface area contributed by atoms with Crippen LogP contribution in [0.15, 0.2) is 24.5 Å². The van der Waals surface area contributed by atoms with E-state index >= 15 is 0 Å². The number of hydrogen-bond donors (Lipinski definition) is 3. The molecule has 0 fully saturated rings. The highest BCUT2D eigenvalue weighted by atomic mass is 16.5. The molecule has 1 aromatic heterocycles. The van der Waals surface area contributed by atoms with Gasteiger partial charge in [-0.1, -0.05) is 0 Å². The summed E-state index contributed by atoms with van der Waals surface area (Å²) < 4.78 is 0.865. The van der Waals surface area contributed by atoms with E-state index in [2.05, 4.69) is 0 Å². The average Bonchev–Trinajstić information content (AvgIpc) is 2.04. The van der Waals surface area contributed by atoms with Crippen molar-refractivity contribution in [1.82, 2.24) is 0 Å². The average molecular weight is 183 g/mol. The number of carboxylic acid groups (broad SMARTS) is 1. The second-order valence-corrected chi connectivity index (χ2v) is 2.74.